The molecule has 4 aromatic heterocycles. The summed E-state index contributed by atoms with van der Waals surface area (Å²) in [6, 6.07) is 15.4. The molecule has 0 atom stereocenters. The second kappa shape index (κ2) is 10.1. The van der Waals surface area contributed by atoms with Crippen LogP contribution in [0.25, 0.3) is 16.8 Å². The van der Waals surface area contributed by atoms with Crippen molar-refractivity contribution >= 4 is 46.0 Å². The Morgan fingerprint density at radius 3 is 2.61 bits per heavy atom. The summed E-state index contributed by atoms with van der Waals surface area (Å²) in [5.74, 6) is 0.239. The predicted octanol–water partition coefficient (Wildman–Crippen LogP) is 5.72. The Morgan fingerprint density at radius 2 is 1.87 bits per heavy atom. The van der Waals surface area contributed by atoms with Crippen LogP contribution in [0.3, 0.4) is 0 Å². The number of anilines is 1. The summed E-state index contributed by atoms with van der Waals surface area (Å²) in [7, 11) is 1.84. The van der Waals surface area contributed by atoms with E-state index in [-0.39, 0.29) is 11.8 Å². The van der Waals surface area contributed by atoms with Gasteiger partial charge in [-0.1, -0.05) is 23.7 Å². The summed E-state index contributed by atoms with van der Waals surface area (Å²) in [5, 5.41) is 7.15. The summed E-state index contributed by atoms with van der Waals surface area (Å²) >= 11 is 7.67. The molecule has 1 aromatic carbocycles. The number of hydrogen-bond acceptors (Lipinski definition) is 5. The monoisotopic (exact) mass is 544 g/mol. The van der Waals surface area contributed by atoms with Gasteiger partial charge in [0.25, 0.3) is 11.8 Å². The summed E-state index contributed by atoms with van der Waals surface area (Å²) in [4.78, 5) is 32.5. The number of carbonyl (C=O) groups excluding carboxylic acids is 2. The van der Waals surface area contributed by atoms with Gasteiger partial charge in [-0.05, 0) is 60.7 Å². The molecule has 1 aliphatic heterocycles. The van der Waals surface area contributed by atoms with Crippen molar-refractivity contribution in [1.82, 2.24) is 24.1 Å². The van der Waals surface area contributed by atoms with Crippen LogP contribution in [0, 0.1) is 0 Å². The SMILES string of the molecule is Cn1nccc1-c1cc(C(=O)Nc2ccc(C3CCN(C(=O)c4ccn5cncc5c4)CC3)cc2)sc1Cl. The fourth-order valence-corrected chi connectivity index (χ4v) is 6.16. The van der Waals surface area contributed by atoms with Crippen molar-refractivity contribution in [3.63, 3.8) is 0 Å². The number of pyridine rings is 1. The lowest BCUT2D eigenvalue weighted by molar-refractivity contribution is 0.0713. The summed E-state index contributed by atoms with van der Waals surface area (Å²) in [5.41, 5.74) is 5.21. The van der Waals surface area contributed by atoms with Gasteiger partial charge in [0.1, 0.15) is 4.34 Å². The number of halogens is 1. The minimum atomic E-state index is -0.195. The van der Waals surface area contributed by atoms with Gasteiger partial charge in [-0.15, -0.1) is 11.3 Å². The molecular weight excluding hydrogens is 520 g/mol. The van der Waals surface area contributed by atoms with Gasteiger partial charge in [0, 0.05) is 49.3 Å². The maximum Gasteiger partial charge on any atom is 0.265 e. The number of thiophene rings is 1. The average Bonchev–Trinajstić information content (AvgIpc) is 3.68. The third-order valence-corrected chi connectivity index (χ3v) is 8.45. The number of aryl methyl sites for hydroxylation is 1. The fourth-order valence-electron chi connectivity index (χ4n) is 4.98. The molecule has 0 bridgehead atoms. The Kier molecular flexibility index (Phi) is 6.47. The molecule has 8 nitrogen and oxygen atoms in total. The number of likely N-dealkylation sites (tertiary alicyclic amines) is 1. The second-order valence-electron chi connectivity index (χ2n) is 9.42. The van der Waals surface area contributed by atoms with Gasteiger partial charge in [-0.2, -0.15) is 5.10 Å². The average molecular weight is 545 g/mol. The first kappa shape index (κ1) is 24.4. The topological polar surface area (TPSA) is 84.5 Å². The van der Waals surface area contributed by atoms with Crippen molar-refractivity contribution in [2.45, 2.75) is 18.8 Å². The number of fused-ring (bicyclic) bond motifs is 1. The number of rotatable bonds is 5. The van der Waals surface area contributed by atoms with Gasteiger partial charge < -0.3 is 14.6 Å². The molecule has 0 radical (unpaired) electrons. The lowest BCUT2D eigenvalue weighted by Gasteiger charge is -2.32. The Balaban J connectivity index is 1.06. The van der Waals surface area contributed by atoms with Crippen LogP contribution < -0.4 is 5.32 Å². The molecule has 1 N–H and O–H groups in total. The van der Waals surface area contributed by atoms with E-state index in [0.717, 1.165) is 35.3 Å². The van der Waals surface area contributed by atoms with Gasteiger partial charge in [-0.25, -0.2) is 4.98 Å². The van der Waals surface area contributed by atoms with Gasteiger partial charge >= 0.3 is 0 Å². The van der Waals surface area contributed by atoms with Crippen molar-refractivity contribution in [2.24, 2.45) is 7.05 Å². The number of aromatic nitrogens is 4. The van der Waals surface area contributed by atoms with E-state index >= 15 is 0 Å². The number of nitrogens with one attached hydrogen (secondary N) is 1. The lowest BCUT2D eigenvalue weighted by atomic mass is 9.89. The molecule has 10 heteroatoms. The zero-order valence-electron chi connectivity index (χ0n) is 20.7. The first-order valence-corrected chi connectivity index (χ1v) is 13.6. The van der Waals surface area contributed by atoms with Crippen LogP contribution in [0.5, 0.6) is 0 Å². The van der Waals surface area contributed by atoms with Gasteiger partial charge in [0.2, 0.25) is 0 Å². The molecular formula is C28H25ClN6O2S. The zero-order valence-corrected chi connectivity index (χ0v) is 22.2. The summed E-state index contributed by atoms with van der Waals surface area (Å²) in [6.45, 7) is 1.43. The van der Waals surface area contributed by atoms with E-state index < -0.39 is 0 Å². The standard InChI is InChI=1S/C28H25ClN6O2S/c1-33-24(6-10-31-33)23-15-25(38-26(23)29)27(36)32-21-4-2-18(3-5-21)19-7-11-34(12-8-19)28(37)20-9-13-35-17-30-16-22(35)14-20/h2-6,9-10,13-17,19H,7-8,11-12H2,1H3,(H,32,36). The number of piperidine rings is 1. The number of amides is 2. The number of hydrogen-bond donors (Lipinski definition) is 1. The highest BCUT2D eigenvalue weighted by Crippen LogP contribution is 2.36. The maximum absolute atomic E-state index is 13.0. The molecule has 0 unspecified atom stereocenters. The quantitative estimate of drug-likeness (QED) is 0.306. The van der Waals surface area contributed by atoms with E-state index in [2.05, 4.69) is 27.5 Å². The Labute approximate surface area is 228 Å². The Bertz CT molecular complexity index is 1630. The Morgan fingerprint density at radius 1 is 1.08 bits per heavy atom. The number of benzene rings is 1. The van der Waals surface area contributed by atoms with Crippen molar-refractivity contribution < 1.29 is 9.59 Å². The van der Waals surface area contributed by atoms with Crippen LogP contribution in [0.15, 0.2) is 73.4 Å². The molecule has 5 heterocycles. The van der Waals surface area contributed by atoms with Crippen LogP contribution in [0.4, 0.5) is 5.69 Å². The van der Waals surface area contributed by atoms with Crippen LogP contribution in [-0.2, 0) is 7.05 Å². The minimum Gasteiger partial charge on any atom is -0.339 e. The van der Waals surface area contributed by atoms with Crippen molar-refractivity contribution in [1.29, 1.82) is 0 Å². The molecule has 1 fully saturated rings. The van der Waals surface area contributed by atoms with Crippen LogP contribution in [0.1, 0.15) is 44.4 Å². The molecule has 1 saturated heterocycles. The molecule has 0 spiro atoms. The van der Waals surface area contributed by atoms with E-state index in [1.807, 2.05) is 52.9 Å². The van der Waals surface area contributed by atoms with Crippen molar-refractivity contribution in [2.75, 3.05) is 18.4 Å². The predicted molar refractivity (Wildman–Crippen MR) is 149 cm³/mol. The van der Waals surface area contributed by atoms with E-state index in [1.165, 1.54) is 16.9 Å². The zero-order chi connectivity index (χ0) is 26.2. The van der Waals surface area contributed by atoms with E-state index in [1.54, 1.807) is 29.5 Å². The second-order valence-corrected chi connectivity index (χ2v) is 11.1. The highest BCUT2D eigenvalue weighted by molar-refractivity contribution is 7.18. The van der Waals surface area contributed by atoms with Crippen molar-refractivity contribution in [3.8, 4) is 11.3 Å². The molecule has 192 valence electrons. The third kappa shape index (κ3) is 4.70. The lowest BCUT2D eigenvalue weighted by Crippen LogP contribution is -2.37. The van der Waals surface area contributed by atoms with Gasteiger partial charge in [0.05, 0.1) is 28.6 Å². The fraction of sp³-hybridized carbons (Fsp3) is 0.214. The molecule has 5 aromatic rings. The van der Waals surface area contributed by atoms with Crippen LogP contribution in [-0.4, -0.2) is 49.0 Å². The number of carbonyl (C=O) groups is 2. The normalized spacial score (nSPS) is 14.2. The minimum absolute atomic E-state index is 0.0606. The number of nitrogens with zero attached hydrogens (tertiary/aromatic N) is 5. The highest BCUT2D eigenvalue weighted by Gasteiger charge is 2.25. The molecule has 6 rings (SSSR count). The first-order valence-electron chi connectivity index (χ1n) is 12.4. The van der Waals surface area contributed by atoms with Crippen molar-refractivity contribution in [3.05, 3.63) is 93.8 Å². The summed E-state index contributed by atoms with van der Waals surface area (Å²) < 4.78 is 4.18. The third-order valence-electron chi connectivity index (χ3n) is 7.09. The van der Waals surface area contributed by atoms with Crippen LogP contribution in [0.2, 0.25) is 4.34 Å². The Hall–Kier alpha value is -3.95. The maximum atomic E-state index is 13.0. The number of imidazole rings is 1. The van der Waals surface area contributed by atoms with Gasteiger partial charge in [0.15, 0.2) is 0 Å². The van der Waals surface area contributed by atoms with E-state index in [9.17, 15) is 9.59 Å². The largest absolute Gasteiger partial charge is 0.339 e. The first-order chi connectivity index (χ1) is 18.5. The van der Waals surface area contributed by atoms with Crippen LogP contribution >= 0.6 is 22.9 Å². The highest BCUT2D eigenvalue weighted by atomic mass is 35.5. The molecule has 2 amide bonds. The van der Waals surface area contributed by atoms with E-state index in [0.29, 0.717) is 33.8 Å². The molecule has 38 heavy (non-hydrogen) atoms. The molecule has 0 aliphatic carbocycles. The van der Waals surface area contributed by atoms with E-state index in [4.69, 9.17) is 11.6 Å². The summed E-state index contributed by atoms with van der Waals surface area (Å²) in [6.07, 6.45) is 8.85. The molecule has 1 aliphatic rings. The smallest absolute Gasteiger partial charge is 0.265 e. The molecule has 0 saturated carbocycles. The van der Waals surface area contributed by atoms with Gasteiger partial charge in [-0.3, -0.25) is 14.3 Å².